The van der Waals surface area contributed by atoms with Crippen LogP contribution in [0.3, 0.4) is 0 Å². The van der Waals surface area contributed by atoms with Crippen LogP contribution in [-0.2, 0) is 11.3 Å². The van der Waals surface area contributed by atoms with Gasteiger partial charge in [0.1, 0.15) is 0 Å². The number of nitrogens with two attached hydrogens (primary N) is 1. The highest BCUT2D eigenvalue weighted by atomic mass is 16.2. The molecule has 0 atom stereocenters. The van der Waals surface area contributed by atoms with Gasteiger partial charge in [-0.1, -0.05) is 24.6 Å². The van der Waals surface area contributed by atoms with Crippen molar-refractivity contribution in [2.45, 2.75) is 32.7 Å². The number of carbonyl (C=O) groups excluding carboxylic acids is 2. The quantitative estimate of drug-likeness (QED) is 0.681. The predicted octanol–water partition coefficient (Wildman–Crippen LogP) is 3.57. The Morgan fingerprint density at radius 2 is 1.83 bits per heavy atom. The first kappa shape index (κ1) is 19.2. The summed E-state index contributed by atoms with van der Waals surface area (Å²) < 4.78 is 0. The molecule has 2 amide bonds. The average molecular weight is 390 g/mol. The molecule has 1 saturated heterocycles. The zero-order chi connectivity index (χ0) is 20.4. The summed E-state index contributed by atoms with van der Waals surface area (Å²) in [4.78, 5) is 26.4. The molecule has 6 nitrogen and oxygen atoms in total. The lowest BCUT2D eigenvalue weighted by Gasteiger charge is -2.26. The van der Waals surface area contributed by atoms with Crippen molar-refractivity contribution in [2.75, 3.05) is 23.7 Å². The number of rotatable bonds is 5. The Kier molecular flexibility index (Phi) is 5.36. The Labute approximate surface area is 170 Å². The largest absolute Gasteiger partial charge is 0.366 e. The highest BCUT2D eigenvalue weighted by Crippen LogP contribution is 2.34. The number of likely N-dealkylation sites (tertiary alicyclic amines) is 1. The molecule has 0 radical (unpaired) electrons. The second-order valence-corrected chi connectivity index (χ2v) is 7.74. The highest BCUT2D eigenvalue weighted by Gasteiger charge is 2.27. The number of primary amides is 1. The van der Waals surface area contributed by atoms with E-state index in [4.69, 9.17) is 5.73 Å². The summed E-state index contributed by atoms with van der Waals surface area (Å²) in [7, 11) is 0. The van der Waals surface area contributed by atoms with E-state index in [1.807, 2.05) is 19.1 Å². The van der Waals surface area contributed by atoms with Crippen molar-refractivity contribution < 1.29 is 9.59 Å². The van der Waals surface area contributed by atoms with Crippen molar-refractivity contribution in [2.24, 2.45) is 5.73 Å². The minimum Gasteiger partial charge on any atom is -0.366 e. The van der Waals surface area contributed by atoms with Gasteiger partial charge < -0.3 is 16.4 Å². The molecule has 1 fully saturated rings. The maximum absolute atomic E-state index is 12.5. The highest BCUT2D eigenvalue weighted by molar-refractivity contribution is 6.32. The molecule has 2 aromatic carbocycles. The molecule has 150 valence electrons. The Bertz CT molecular complexity index is 973. The lowest BCUT2D eigenvalue weighted by molar-refractivity contribution is -0.110. The summed E-state index contributed by atoms with van der Waals surface area (Å²) in [6.07, 6.45) is 3.92. The molecule has 0 unspecified atom stereocenters. The minimum absolute atomic E-state index is 0.187. The first-order valence-corrected chi connectivity index (χ1v) is 10.1. The van der Waals surface area contributed by atoms with Crippen molar-refractivity contribution in [1.82, 2.24) is 4.90 Å². The number of benzene rings is 2. The molecule has 2 aliphatic heterocycles. The van der Waals surface area contributed by atoms with Crippen LogP contribution in [0.2, 0.25) is 0 Å². The van der Waals surface area contributed by atoms with Gasteiger partial charge in [0.15, 0.2) is 0 Å². The van der Waals surface area contributed by atoms with Gasteiger partial charge in [-0.25, -0.2) is 0 Å². The average Bonchev–Trinajstić information content (AvgIpc) is 3.05. The maximum atomic E-state index is 12.5. The zero-order valence-electron chi connectivity index (χ0n) is 16.6. The molecule has 2 heterocycles. The van der Waals surface area contributed by atoms with E-state index < -0.39 is 5.91 Å². The van der Waals surface area contributed by atoms with Gasteiger partial charge in [0.25, 0.3) is 5.91 Å². The minimum atomic E-state index is -0.515. The molecule has 0 aliphatic carbocycles. The van der Waals surface area contributed by atoms with E-state index in [0.29, 0.717) is 16.8 Å². The van der Waals surface area contributed by atoms with E-state index in [1.54, 1.807) is 18.2 Å². The number of fused-ring (bicyclic) bond motifs is 1. The van der Waals surface area contributed by atoms with Crippen molar-refractivity contribution in [3.05, 3.63) is 64.9 Å². The maximum Gasteiger partial charge on any atom is 0.258 e. The van der Waals surface area contributed by atoms with Crippen LogP contribution >= 0.6 is 0 Å². The smallest absolute Gasteiger partial charge is 0.258 e. The third kappa shape index (κ3) is 4.17. The first-order chi connectivity index (χ1) is 14.0. The van der Waals surface area contributed by atoms with Crippen LogP contribution in [0, 0.1) is 0 Å². The summed E-state index contributed by atoms with van der Waals surface area (Å²) in [6.45, 7) is 5.22. The number of nitrogens with zero attached hydrogens (tertiary/aromatic N) is 1. The lowest BCUT2D eigenvalue weighted by atomic mass is 10.0. The van der Waals surface area contributed by atoms with Crippen LogP contribution in [0.4, 0.5) is 11.4 Å². The number of hydrogen-bond donors (Lipinski definition) is 3. The van der Waals surface area contributed by atoms with Crippen LogP contribution in [-0.4, -0.2) is 29.8 Å². The number of hydrogen-bond acceptors (Lipinski definition) is 4. The fourth-order valence-electron chi connectivity index (χ4n) is 4.05. The van der Waals surface area contributed by atoms with Crippen LogP contribution in [0.25, 0.3) is 5.57 Å². The van der Waals surface area contributed by atoms with Crippen LogP contribution in [0.15, 0.2) is 48.2 Å². The Balaban J connectivity index is 1.50. The molecular weight excluding hydrogens is 364 g/mol. The van der Waals surface area contributed by atoms with Gasteiger partial charge in [0.05, 0.1) is 5.57 Å². The second kappa shape index (κ2) is 8.09. The summed E-state index contributed by atoms with van der Waals surface area (Å²) in [6, 6.07) is 13.4. The van der Waals surface area contributed by atoms with Crippen molar-refractivity contribution in [3.63, 3.8) is 0 Å². The fraction of sp³-hybridized carbons (Fsp3) is 0.304. The van der Waals surface area contributed by atoms with Crippen molar-refractivity contribution in [3.8, 4) is 0 Å². The van der Waals surface area contributed by atoms with Gasteiger partial charge in [0, 0.05) is 34.7 Å². The third-order valence-electron chi connectivity index (χ3n) is 5.56. The van der Waals surface area contributed by atoms with Gasteiger partial charge in [0.2, 0.25) is 5.91 Å². The van der Waals surface area contributed by atoms with Gasteiger partial charge in [-0.3, -0.25) is 14.5 Å². The molecule has 0 saturated carbocycles. The van der Waals surface area contributed by atoms with Gasteiger partial charge >= 0.3 is 0 Å². The second-order valence-electron chi connectivity index (χ2n) is 7.74. The van der Waals surface area contributed by atoms with E-state index in [1.165, 1.54) is 37.9 Å². The summed E-state index contributed by atoms with van der Waals surface area (Å²) in [5, 5.41) is 6.15. The molecule has 2 aliphatic rings. The molecule has 6 heteroatoms. The molecule has 4 rings (SSSR count). The van der Waals surface area contributed by atoms with Crippen LogP contribution in [0.5, 0.6) is 0 Å². The van der Waals surface area contributed by atoms with E-state index in [9.17, 15) is 9.59 Å². The molecule has 2 aromatic rings. The summed E-state index contributed by atoms with van der Waals surface area (Å²) in [5.74, 6) is -0.702. The fourth-order valence-corrected chi connectivity index (χ4v) is 4.05. The number of nitrogens with one attached hydrogen (secondary N) is 2. The lowest BCUT2D eigenvalue weighted by Crippen LogP contribution is -2.29. The number of allylic oxidation sites excluding steroid dienone is 1. The Hall–Kier alpha value is -3.12. The molecular formula is C23H26N4O2. The predicted molar refractivity (Wildman–Crippen MR) is 115 cm³/mol. The summed E-state index contributed by atoms with van der Waals surface area (Å²) in [5.41, 5.74) is 10.7. The molecule has 0 spiro atoms. The van der Waals surface area contributed by atoms with E-state index >= 15 is 0 Å². The van der Waals surface area contributed by atoms with E-state index in [2.05, 4.69) is 27.7 Å². The van der Waals surface area contributed by atoms with Crippen molar-refractivity contribution >= 4 is 28.8 Å². The van der Waals surface area contributed by atoms with Gasteiger partial charge in [-0.05, 0) is 62.7 Å². The molecule has 0 aromatic heterocycles. The van der Waals surface area contributed by atoms with E-state index in [0.717, 1.165) is 23.5 Å². The third-order valence-corrected chi connectivity index (χ3v) is 5.56. The number of amides is 2. The van der Waals surface area contributed by atoms with Gasteiger partial charge in [-0.2, -0.15) is 0 Å². The molecule has 0 bridgehead atoms. The Morgan fingerprint density at radius 3 is 2.52 bits per heavy atom. The first-order valence-electron chi connectivity index (χ1n) is 10.1. The van der Waals surface area contributed by atoms with E-state index in [-0.39, 0.29) is 5.91 Å². The number of carbonyl (C=O) groups is 2. The summed E-state index contributed by atoms with van der Waals surface area (Å²) >= 11 is 0. The van der Waals surface area contributed by atoms with Crippen LogP contribution < -0.4 is 16.4 Å². The standard InChI is InChI=1S/C23H26N4O2/c1-15(21-19-10-7-17(22(24)28)13-20(19)26-23(21)29)25-18-8-5-16(6-9-18)14-27-11-3-2-4-12-27/h5-10,13,25H,2-4,11-12,14H2,1H3,(H2,24,28)(H,26,29)/b21-15-. The Morgan fingerprint density at radius 1 is 1.10 bits per heavy atom. The van der Waals surface area contributed by atoms with Crippen molar-refractivity contribution in [1.29, 1.82) is 0 Å². The zero-order valence-corrected chi connectivity index (χ0v) is 16.6. The molecule has 29 heavy (non-hydrogen) atoms. The number of anilines is 2. The van der Waals surface area contributed by atoms with Crippen LogP contribution in [0.1, 0.15) is 47.7 Å². The monoisotopic (exact) mass is 390 g/mol. The van der Waals surface area contributed by atoms with Gasteiger partial charge in [-0.15, -0.1) is 0 Å². The number of piperidine rings is 1. The topological polar surface area (TPSA) is 87.5 Å². The SMILES string of the molecule is C/C(Nc1ccc(CN2CCCCC2)cc1)=C1/C(=O)Nc2cc(C(N)=O)ccc21. The molecule has 4 N–H and O–H groups in total. The normalized spacial score (nSPS) is 18.2.